The number of benzene rings is 1. The van der Waals surface area contributed by atoms with Gasteiger partial charge >= 0.3 is 0 Å². The molecule has 0 amide bonds. The van der Waals surface area contributed by atoms with Gasteiger partial charge in [-0.1, -0.05) is 18.0 Å². The highest BCUT2D eigenvalue weighted by molar-refractivity contribution is 6.30. The van der Waals surface area contributed by atoms with Crippen LogP contribution in [0.15, 0.2) is 18.2 Å². The zero-order chi connectivity index (χ0) is 15.2. The zero-order valence-corrected chi connectivity index (χ0v) is 13.1. The third-order valence-electron chi connectivity index (χ3n) is 4.09. The van der Waals surface area contributed by atoms with E-state index >= 15 is 0 Å². The van der Waals surface area contributed by atoms with Gasteiger partial charge in [-0.25, -0.2) is 0 Å². The summed E-state index contributed by atoms with van der Waals surface area (Å²) in [5, 5.41) is 14.9. The van der Waals surface area contributed by atoms with Crippen molar-refractivity contribution in [2.45, 2.75) is 38.3 Å². The SMILES string of the molecule is CNCCC1CCCCN1Cc1cc(Cl)ccc1[N+](=O)[O-]. The Balaban J connectivity index is 2.14. The lowest BCUT2D eigenvalue weighted by Gasteiger charge is -2.35. The summed E-state index contributed by atoms with van der Waals surface area (Å²) in [6.45, 7) is 2.57. The molecule has 1 atom stereocenters. The zero-order valence-electron chi connectivity index (χ0n) is 12.3. The molecule has 2 rings (SSSR count). The van der Waals surface area contributed by atoms with Crippen LogP contribution in [-0.4, -0.2) is 36.0 Å². The summed E-state index contributed by atoms with van der Waals surface area (Å²) >= 11 is 6.01. The van der Waals surface area contributed by atoms with E-state index in [1.54, 1.807) is 12.1 Å². The van der Waals surface area contributed by atoms with Crippen LogP contribution in [0.4, 0.5) is 5.69 Å². The molecular formula is C15H22ClN3O2. The summed E-state index contributed by atoms with van der Waals surface area (Å²) < 4.78 is 0. The first-order valence-corrected chi connectivity index (χ1v) is 7.81. The number of piperidine rings is 1. The van der Waals surface area contributed by atoms with Crippen LogP contribution in [0.1, 0.15) is 31.2 Å². The molecule has 5 nitrogen and oxygen atoms in total. The highest BCUT2D eigenvalue weighted by Crippen LogP contribution is 2.27. The number of hydrogen-bond acceptors (Lipinski definition) is 4. The Bertz CT molecular complexity index is 496. The molecule has 0 bridgehead atoms. The Kier molecular flexibility index (Phi) is 5.96. The van der Waals surface area contributed by atoms with Crippen LogP contribution in [0, 0.1) is 10.1 Å². The third kappa shape index (κ3) is 4.40. The minimum Gasteiger partial charge on any atom is -0.320 e. The summed E-state index contributed by atoms with van der Waals surface area (Å²) in [6.07, 6.45) is 4.63. The smallest absolute Gasteiger partial charge is 0.273 e. The maximum atomic E-state index is 11.2. The van der Waals surface area contributed by atoms with E-state index in [1.807, 2.05) is 7.05 Å². The van der Waals surface area contributed by atoms with Gasteiger partial charge in [0.05, 0.1) is 4.92 Å². The number of halogens is 1. The van der Waals surface area contributed by atoms with Gasteiger partial charge in [0.2, 0.25) is 0 Å². The number of likely N-dealkylation sites (tertiary alicyclic amines) is 1. The van der Waals surface area contributed by atoms with Gasteiger partial charge in [0.1, 0.15) is 0 Å². The predicted molar refractivity (Wildman–Crippen MR) is 84.7 cm³/mol. The number of nitro groups is 1. The Morgan fingerprint density at radius 2 is 2.29 bits per heavy atom. The van der Waals surface area contributed by atoms with Gasteiger partial charge in [-0.2, -0.15) is 0 Å². The molecule has 0 aliphatic carbocycles. The first kappa shape index (κ1) is 16.2. The third-order valence-corrected chi connectivity index (χ3v) is 4.32. The minimum atomic E-state index is -0.321. The quantitative estimate of drug-likeness (QED) is 0.647. The fourth-order valence-electron chi connectivity index (χ4n) is 2.98. The molecule has 1 aliphatic heterocycles. The van der Waals surface area contributed by atoms with E-state index in [1.165, 1.54) is 12.5 Å². The second kappa shape index (κ2) is 7.73. The van der Waals surface area contributed by atoms with Gasteiger partial charge in [0, 0.05) is 29.2 Å². The number of nitro benzene ring substituents is 1. The summed E-state index contributed by atoms with van der Waals surface area (Å²) in [4.78, 5) is 13.2. The Hall–Kier alpha value is -1.17. The summed E-state index contributed by atoms with van der Waals surface area (Å²) in [5.74, 6) is 0. The van der Waals surface area contributed by atoms with Crippen molar-refractivity contribution in [1.82, 2.24) is 10.2 Å². The molecule has 0 aromatic heterocycles. The largest absolute Gasteiger partial charge is 0.320 e. The lowest BCUT2D eigenvalue weighted by molar-refractivity contribution is -0.385. The van der Waals surface area contributed by atoms with Crippen molar-refractivity contribution < 1.29 is 4.92 Å². The maximum absolute atomic E-state index is 11.2. The molecule has 0 saturated carbocycles. The second-order valence-electron chi connectivity index (χ2n) is 5.54. The molecular weight excluding hydrogens is 290 g/mol. The van der Waals surface area contributed by atoms with E-state index in [2.05, 4.69) is 10.2 Å². The van der Waals surface area contributed by atoms with E-state index in [9.17, 15) is 10.1 Å². The van der Waals surface area contributed by atoms with Gasteiger partial charge in [-0.05, 0) is 51.5 Å². The molecule has 116 valence electrons. The van der Waals surface area contributed by atoms with Crippen LogP contribution >= 0.6 is 11.6 Å². The highest BCUT2D eigenvalue weighted by Gasteiger charge is 2.24. The Morgan fingerprint density at radius 3 is 3.00 bits per heavy atom. The van der Waals surface area contributed by atoms with Crippen LogP contribution in [0.3, 0.4) is 0 Å². The van der Waals surface area contributed by atoms with E-state index in [0.717, 1.165) is 32.4 Å². The van der Waals surface area contributed by atoms with Crippen molar-refractivity contribution in [1.29, 1.82) is 0 Å². The number of nitrogens with zero attached hydrogens (tertiary/aromatic N) is 2. The van der Waals surface area contributed by atoms with Crippen LogP contribution in [0.2, 0.25) is 5.02 Å². The molecule has 1 unspecified atom stereocenters. The molecule has 1 aliphatic rings. The molecule has 0 spiro atoms. The normalized spacial score (nSPS) is 19.6. The van der Waals surface area contributed by atoms with Gasteiger partial charge in [-0.15, -0.1) is 0 Å². The van der Waals surface area contributed by atoms with E-state index < -0.39 is 0 Å². The van der Waals surface area contributed by atoms with Crippen molar-refractivity contribution in [2.24, 2.45) is 0 Å². The summed E-state index contributed by atoms with van der Waals surface area (Å²) in [6, 6.07) is 5.30. The molecule has 1 heterocycles. The molecule has 0 radical (unpaired) electrons. The Labute approximate surface area is 130 Å². The van der Waals surface area contributed by atoms with Gasteiger partial charge in [-0.3, -0.25) is 15.0 Å². The van der Waals surface area contributed by atoms with Crippen molar-refractivity contribution in [3.63, 3.8) is 0 Å². The first-order valence-electron chi connectivity index (χ1n) is 7.43. The molecule has 1 saturated heterocycles. The number of nitrogens with one attached hydrogen (secondary N) is 1. The van der Waals surface area contributed by atoms with Crippen molar-refractivity contribution in [2.75, 3.05) is 20.1 Å². The highest BCUT2D eigenvalue weighted by atomic mass is 35.5. The van der Waals surface area contributed by atoms with Crippen LogP contribution in [-0.2, 0) is 6.54 Å². The standard InChI is InChI=1S/C15H22ClN3O2/c1-17-8-7-14-4-2-3-9-18(14)11-12-10-13(16)5-6-15(12)19(20)21/h5-6,10,14,17H,2-4,7-9,11H2,1H3. The van der Waals surface area contributed by atoms with E-state index in [4.69, 9.17) is 11.6 Å². The van der Waals surface area contributed by atoms with Crippen LogP contribution in [0.25, 0.3) is 0 Å². The molecule has 1 aromatic carbocycles. The fourth-order valence-corrected chi connectivity index (χ4v) is 3.18. The van der Waals surface area contributed by atoms with Crippen LogP contribution < -0.4 is 5.32 Å². The molecule has 1 fully saturated rings. The van der Waals surface area contributed by atoms with Crippen molar-refractivity contribution in [3.05, 3.63) is 38.9 Å². The average Bonchev–Trinajstić information content (AvgIpc) is 2.46. The monoisotopic (exact) mass is 311 g/mol. The summed E-state index contributed by atoms with van der Waals surface area (Å²) in [5.41, 5.74) is 0.876. The lowest BCUT2D eigenvalue weighted by atomic mass is 9.98. The van der Waals surface area contributed by atoms with E-state index in [-0.39, 0.29) is 10.6 Å². The van der Waals surface area contributed by atoms with Crippen molar-refractivity contribution >= 4 is 17.3 Å². The van der Waals surface area contributed by atoms with Crippen LogP contribution in [0.5, 0.6) is 0 Å². The first-order chi connectivity index (χ1) is 10.1. The fraction of sp³-hybridized carbons (Fsp3) is 0.600. The Morgan fingerprint density at radius 1 is 1.48 bits per heavy atom. The average molecular weight is 312 g/mol. The van der Waals surface area contributed by atoms with Crippen molar-refractivity contribution in [3.8, 4) is 0 Å². The maximum Gasteiger partial charge on any atom is 0.273 e. The molecule has 21 heavy (non-hydrogen) atoms. The predicted octanol–water partition coefficient (Wildman–Crippen LogP) is 3.21. The van der Waals surface area contributed by atoms with Gasteiger partial charge in [0.25, 0.3) is 5.69 Å². The summed E-state index contributed by atoms with van der Waals surface area (Å²) in [7, 11) is 1.95. The molecule has 6 heteroatoms. The number of hydrogen-bond donors (Lipinski definition) is 1. The minimum absolute atomic E-state index is 0.164. The van der Waals surface area contributed by atoms with Gasteiger partial charge in [0.15, 0.2) is 0 Å². The molecule has 1 aromatic rings. The topological polar surface area (TPSA) is 58.4 Å². The van der Waals surface area contributed by atoms with Gasteiger partial charge < -0.3 is 5.32 Å². The molecule has 1 N–H and O–H groups in total. The number of rotatable bonds is 6. The second-order valence-corrected chi connectivity index (χ2v) is 5.98. The lowest BCUT2D eigenvalue weighted by Crippen LogP contribution is -2.40. The van der Waals surface area contributed by atoms with E-state index in [0.29, 0.717) is 23.2 Å².